The van der Waals surface area contributed by atoms with Crippen molar-refractivity contribution in [3.63, 3.8) is 0 Å². The largest absolute Gasteiger partial charge is 0.507 e. The second-order valence-electron chi connectivity index (χ2n) is 10.0. The lowest BCUT2D eigenvalue weighted by Crippen LogP contribution is -1.93. The predicted octanol–water partition coefficient (Wildman–Crippen LogP) is 8.70. The number of fused-ring (bicyclic) bond motifs is 2. The molecule has 0 bridgehead atoms. The van der Waals surface area contributed by atoms with Gasteiger partial charge in [0.1, 0.15) is 11.5 Å². The van der Waals surface area contributed by atoms with Crippen LogP contribution in [0.3, 0.4) is 0 Å². The summed E-state index contributed by atoms with van der Waals surface area (Å²) < 4.78 is 10.7. The molecule has 0 unspecified atom stereocenters. The molecule has 6 rings (SSSR count). The third-order valence-corrected chi connectivity index (χ3v) is 7.39. The zero-order valence-corrected chi connectivity index (χ0v) is 22.5. The minimum Gasteiger partial charge on any atom is -0.507 e. The van der Waals surface area contributed by atoms with Crippen LogP contribution >= 0.6 is 0 Å². The van der Waals surface area contributed by atoms with Crippen LogP contribution in [0.5, 0.6) is 11.5 Å². The first-order valence-corrected chi connectivity index (χ1v) is 13.3. The summed E-state index contributed by atoms with van der Waals surface area (Å²) in [6.45, 7) is 0.954. The van der Waals surface area contributed by atoms with Crippen molar-refractivity contribution in [2.45, 2.75) is 13.2 Å². The highest BCUT2D eigenvalue weighted by molar-refractivity contribution is 6.13. The summed E-state index contributed by atoms with van der Waals surface area (Å²) in [6, 6.07) is 36.0. The Kier molecular flexibility index (Phi) is 6.95. The fourth-order valence-electron chi connectivity index (χ4n) is 5.61. The maximum Gasteiger partial charge on any atom is 0.132 e. The average Bonchev–Trinajstić information content (AvgIpc) is 2.98. The summed E-state index contributed by atoms with van der Waals surface area (Å²) in [7, 11) is 3.34. The first-order valence-electron chi connectivity index (χ1n) is 13.3. The van der Waals surface area contributed by atoms with Crippen LogP contribution in [0.4, 0.5) is 0 Å². The molecule has 40 heavy (non-hydrogen) atoms. The lowest BCUT2D eigenvalue weighted by atomic mass is 9.86. The number of phenolic OH excluding ortho intramolecular Hbond substituents is 2. The molecule has 198 valence electrons. The zero-order valence-electron chi connectivity index (χ0n) is 22.5. The summed E-state index contributed by atoms with van der Waals surface area (Å²) in [5.41, 5.74) is 6.39. The standard InChI is InChI=1S/C36H30O4/c1-39-21-23-9-7-13-25(17-23)31-19-27-11-3-5-15-29(27)33(35(31)37)34-30-16-6-4-12-28(30)20-32(36(34)38)26-14-8-10-24(18-26)22-40-2/h3-20,37-38H,21-22H2,1-2H3. The van der Waals surface area contributed by atoms with E-state index in [1.165, 1.54) is 0 Å². The Morgan fingerprint density at radius 1 is 0.500 bits per heavy atom. The van der Waals surface area contributed by atoms with E-state index in [1.54, 1.807) is 14.2 Å². The van der Waals surface area contributed by atoms with E-state index in [1.807, 2.05) is 109 Å². The number of methoxy groups -OCH3 is 2. The normalized spacial score (nSPS) is 11.3. The second-order valence-corrected chi connectivity index (χ2v) is 10.0. The fourth-order valence-corrected chi connectivity index (χ4v) is 5.61. The molecule has 0 saturated carbocycles. The lowest BCUT2D eigenvalue weighted by Gasteiger charge is -2.20. The molecule has 6 aromatic rings. The van der Waals surface area contributed by atoms with Crippen LogP contribution in [0.1, 0.15) is 11.1 Å². The molecule has 0 aromatic heterocycles. The van der Waals surface area contributed by atoms with E-state index in [0.29, 0.717) is 35.5 Å². The van der Waals surface area contributed by atoms with Crippen LogP contribution in [-0.2, 0) is 22.7 Å². The smallest absolute Gasteiger partial charge is 0.132 e. The van der Waals surface area contributed by atoms with Crippen LogP contribution in [0.15, 0.2) is 109 Å². The van der Waals surface area contributed by atoms with Gasteiger partial charge in [-0.05, 0) is 68.1 Å². The van der Waals surface area contributed by atoms with E-state index >= 15 is 0 Å². The first kappa shape index (κ1) is 25.6. The van der Waals surface area contributed by atoms with Crippen molar-refractivity contribution in [3.05, 3.63) is 120 Å². The molecular formula is C36H30O4. The molecule has 0 spiro atoms. The maximum absolute atomic E-state index is 12.0. The Balaban J connectivity index is 1.69. The van der Waals surface area contributed by atoms with Gasteiger partial charge in [0.15, 0.2) is 0 Å². The predicted molar refractivity (Wildman–Crippen MR) is 163 cm³/mol. The van der Waals surface area contributed by atoms with Crippen molar-refractivity contribution in [1.82, 2.24) is 0 Å². The second kappa shape index (κ2) is 10.9. The van der Waals surface area contributed by atoms with E-state index in [-0.39, 0.29) is 11.5 Å². The van der Waals surface area contributed by atoms with Crippen LogP contribution in [0, 0.1) is 0 Å². The van der Waals surface area contributed by atoms with Gasteiger partial charge in [-0.2, -0.15) is 0 Å². The Labute approximate surface area is 233 Å². The molecule has 0 aliphatic carbocycles. The van der Waals surface area contributed by atoms with Crippen molar-refractivity contribution in [2.75, 3.05) is 14.2 Å². The molecule has 0 aliphatic rings. The molecule has 0 aliphatic heterocycles. The number of ether oxygens (including phenoxy) is 2. The minimum atomic E-state index is 0.124. The summed E-state index contributed by atoms with van der Waals surface area (Å²) in [6.07, 6.45) is 0. The van der Waals surface area contributed by atoms with Crippen molar-refractivity contribution in [3.8, 4) is 44.9 Å². The average molecular weight is 527 g/mol. The van der Waals surface area contributed by atoms with Gasteiger partial charge >= 0.3 is 0 Å². The summed E-state index contributed by atoms with van der Waals surface area (Å²) in [4.78, 5) is 0. The highest BCUT2D eigenvalue weighted by atomic mass is 16.5. The summed E-state index contributed by atoms with van der Waals surface area (Å²) in [5.74, 6) is 0.248. The van der Waals surface area contributed by atoms with Gasteiger partial charge < -0.3 is 19.7 Å². The van der Waals surface area contributed by atoms with Gasteiger partial charge in [0.25, 0.3) is 0 Å². The number of benzene rings is 6. The molecule has 4 nitrogen and oxygen atoms in total. The molecule has 0 radical (unpaired) electrons. The number of phenols is 2. The van der Waals surface area contributed by atoms with E-state index in [4.69, 9.17) is 9.47 Å². The van der Waals surface area contributed by atoms with Crippen molar-refractivity contribution < 1.29 is 19.7 Å². The van der Waals surface area contributed by atoms with E-state index in [0.717, 1.165) is 43.8 Å². The molecule has 2 N–H and O–H groups in total. The molecule has 0 fully saturated rings. The van der Waals surface area contributed by atoms with Gasteiger partial charge in [0.05, 0.1) is 13.2 Å². The van der Waals surface area contributed by atoms with Crippen LogP contribution in [-0.4, -0.2) is 24.4 Å². The summed E-state index contributed by atoms with van der Waals surface area (Å²) >= 11 is 0. The summed E-state index contributed by atoms with van der Waals surface area (Å²) in [5, 5.41) is 27.7. The van der Waals surface area contributed by atoms with Gasteiger partial charge in [-0.25, -0.2) is 0 Å². The van der Waals surface area contributed by atoms with Gasteiger partial charge in [-0.1, -0.05) is 84.9 Å². The Hall–Kier alpha value is -4.64. The molecule has 0 atom stereocenters. The first-order chi connectivity index (χ1) is 19.6. The lowest BCUT2D eigenvalue weighted by molar-refractivity contribution is 0.185. The molecule has 4 heteroatoms. The van der Waals surface area contributed by atoms with E-state index in [9.17, 15) is 10.2 Å². The highest BCUT2D eigenvalue weighted by Gasteiger charge is 2.23. The monoisotopic (exact) mass is 526 g/mol. The Bertz CT molecular complexity index is 1720. The highest BCUT2D eigenvalue weighted by Crippen LogP contribution is 2.51. The Morgan fingerprint density at radius 3 is 1.35 bits per heavy atom. The number of hydrogen-bond donors (Lipinski definition) is 2. The van der Waals surface area contributed by atoms with Crippen molar-refractivity contribution >= 4 is 21.5 Å². The number of rotatable bonds is 7. The number of hydrogen-bond acceptors (Lipinski definition) is 4. The number of aromatic hydroxyl groups is 2. The fraction of sp³-hybridized carbons (Fsp3) is 0.111. The van der Waals surface area contributed by atoms with Gasteiger partial charge in [0.2, 0.25) is 0 Å². The van der Waals surface area contributed by atoms with E-state index in [2.05, 4.69) is 0 Å². The van der Waals surface area contributed by atoms with Gasteiger partial charge in [-0.15, -0.1) is 0 Å². The van der Waals surface area contributed by atoms with Crippen molar-refractivity contribution in [2.24, 2.45) is 0 Å². The maximum atomic E-state index is 12.0. The minimum absolute atomic E-state index is 0.124. The van der Waals surface area contributed by atoms with E-state index < -0.39 is 0 Å². The quantitative estimate of drug-likeness (QED) is 0.218. The van der Waals surface area contributed by atoms with Crippen LogP contribution < -0.4 is 0 Å². The molecule has 0 saturated heterocycles. The molecule has 0 heterocycles. The third kappa shape index (κ3) is 4.58. The van der Waals surface area contributed by atoms with Crippen LogP contribution in [0.2, 0.25) is 0 Å². The molecule has 6 aromatic carbocycles. The van der Waals surface area contributed by atoms with Crippen molar-refractivity contribution in [1.29, 1.82) is 0 Å². The van der Waals surface area contributed by atoms with Gasteiger partial charge in [0, 0.05) is 36.5 Å². The molecular weight excluding hydrogens is 496 g/mol. The van der Waals surface area contributed by atoms with Crippen LogP contribution in [0.25, 0.3) is 54.9 Å². The zero-order chi connectivity index (χ0) is 27.6. The van der Waals surface area contributed by atoms with Gasteiger partial charge in [-0.3, -0.25) is 0 Å². The topological polar surface area (TPSA) is 58.9 Å². The molecule has 0 amide bonds. The Morgan fingerprint density at radius 2 is 0.925 bits per heavy atom. The third-order valence-electron chi connectivity index (χ3n) is 7.39. The SMILES string of the molecule is COCc1cccc(-c2cc3ccccc3c(-c3c(O)c(-c4cccc(COC)c4)cc4ccccc34)c2O)c1.